The Bertz CT molecular complexity index is 567. The Morgan fingerprint density at radius 1 is 1.40 bits per heavy atom. The molecule has 0 aliphatic heterocycles. The van der Waals surface area contributed by atoms with Gasteiger partial charge in [0.05, 0.1) is 10.7 Å². The van der Waals surface area contributed by atoms with Crippen LogP contribution < -0.4 is 5.32 Å². The topological polar surface area (TPSA) is 42.7 Å². The molecule has 106 valence electrons. The number of nitrogens with one attached hydrogen (secondary N) is 1. The highest BCUT2D eigenvalue weighted by atomic mass is 35.5. The molecule has 1 heterocycles. The molecule has 1 N–H and O–H groups in total. The maximum absolute atomic E-state index is 6.33. The highest BCUT2D eigenvalue weighted by molar-refractivity contribution is 6.33. The molecule has 0 amide bonds. The van der Waals surface area contributed by atoms with Gasteiger partial charge in [0, 0.05) is 6.04 Å². The van der Waals surface area contributed by atoms with E-state index >= 15 is 0 Å². The molecule has 3 rings (SSSR count). The second kappa shape index (κ2) is 5.83. The van der Waals surface area contributed by atoms with Gasteiger partial charge in [-0.15, -0.1) is 0 Å². The number of halogens is 1. The largest absolute Gasteiger partial charge is 0.381 e. The third-order valence-corrected chi connectivity index (χ3v) is 4.42. The van der Waals surface area contributed by atoms with Crippen LogP contribution in [0, 0.1) is 5.92 Å². The number of para-hydroxylation sites is 1. The van der Waals surface area contributed by atoms with Crippen LogP contribution in [0.15, 0.2) is 30.9 Å². The smallest absolute Gasteiger partial charge is 0.138 e. The van der Waals surface area contributed by atoms with Crippen LogP contribution in [0.2, 0.25) is 5.02 Å². The van der Waals surface area contributed by atoms with E-state index in [1.807, 2.05) is 12.1 Å². The average molecular weight is 291 g/mol. The quantitative estimate of drug-likeness (QED) is 0.928. The van der Waals surface area contributed by atoms with Crippen LogP contribution in [0.25, 0.3) is 5.69 Å². The summed E-state index contributed by atoms with van der Waals surface area (Å²) in [4.78, 5) is 4.00. The zero-order valence-corrected chi connectivity index (χ0v) is 12.3. The lowest BCUT2D eigenvalue weighted by Crippen LogP contribution is -2.17. The first-order chi connectivity index (χ1) is 9.78. The first kappa shape index (κ1) is 13.4. The minimum atomic E-state index is 0.528. The van der Waals surface area contributed by atoms with Gasteiger partial charge in [-0.3, -0.25) is 0 Å². The molecule has 1 aromatic carbocycles. The van der Waals surface area contributed by atoms with Crippen LogP contribution in [-0.2, 0) is 0 Å². The molecule has 0 radical (unpaired) electrons. The molecule has 0 bridgehead atoms. The van der Waals surface area contributed by atoms with Crippen molar-refractivity contribution in [2.24, 2.45) is 5.92 Å². The summed E-state index contributed by atoms with van der Waals surface area (Å²) in [5.41, 5.74) is 1.91. The Morgan fingerprint density at radius 3 is 3.00 bits per heavy atom. The molecule has 2 unspecified atom stereocenters. The van der Waals surface area contributed by atoms with Gasteiger partial charge in [-0.05, 0) is 37.3 Å². The molecular formula is C15H19ClN4. The van der Waals surface area contributed by atoms with Crippen molar-refractivity contribution in [3.63, 3.8) is 0 Å². The highest BCUT2D eigenvalue weighted by Gasteiger charge is 2.24. The predicted octanol–water partition coefficient (Wildman–Crippen LogP) is 3.91. The molecule has 20 heavy (non-hydrogen) atoms. The molecule has 2 atom stereocenters. The van der Waals surface area contributed by atoms with E-state index in [2.05, 4.69) is 28.4 Å². The first-order valence-corrected chi connectivity index (χ1v) is 7.55. The van der Waals surface area contributed by atoms with Crippen molar-refractivity contribution >= 4 is 17.3 Å². The molecule has 4 nitrogen and oxygen atoms in total. The van der Waals surface area contributed by atoms with Gasteiger partial charge in [-0.25, -0.2) is 9.67 Å². The highest BCUT2D eigenvalue weighted by Crippen LogP contribution is 2.33. The van der Waals surface area contributed by atoms with Crippen LogP contribution in [0.3, 0.4) is 0 Å². The third kappa shape index (κ3) is 2.66. The van der Waals surface area contributed by atoms with Gasteiger partial charge < -0.3 is 5.32 Å². The number of rotatable bonds is 4. The van der Waals surface area contributed by atoms with Crippen molar-refractivity contribution < 1.29 is 0 Å². The van der Waals surface area contributed by atoms with E-state index in [4.69, 9.17) is 11.6 Å². The molecule has 0 spiro atoms. The van der Waals surface area contributed by atoms with Gasteiger partial charge in [0.2, 0.25) is 0 Å². The SMILES string of the molecule is CCC1CCC(Nc2cccc(Cl)c2-n2cncn2)C1. The fourth-order valence-corrected chi connectivity index (χ4v) is 3.25. The summed E-state index contributed by atoms with van der Waals surface area (Å²) in [6, 6.07) is 6.44. The van der Waals surface area contributed by atoms with Gasteiger partial charge in [0.1, 0.15) is 18.3 Å². The van der Waals surface area contributed by atoms with Crippen LogP contribution in [0.4, 0.5) is 5.69 Å². The summed E-state index contributed by atoms with van der Waals surface area (Å²) < 4.78 is 1.72. The van der Waals surface area contributed by atoms with Crippen molar-refractivity contribution in [1.29, 1.82) is 0 Å². The Kier molecular flexibility index (Phi) is 3.92. The minimum absolute atomic E-state index is 0.528. The fraction of sp³-hybridized carbons (Fsp3) is 0.467. The van der Waals surface area contributed by atoms with Gasteiger partial charge in [0.25, 0.3) is 0 Å². The number of hydrogen-bond acceptors (Lipinski definition) is 3. The van der Waals surface area contributed by atoms with E-state index in [0.717, 1.165) is 17.3 Å². The number of anilines is 1. The van der Waals surface area contributed by atoms with Crippen molar-refractivity contribution in [3.05, 3.63) is 35.9 Å². The van der Waals surface area contributed by atoms with Crippen molar-refractivity contribution in [3.8, 4) is 5.69 Å². The maximum atomic E-state index is 6.33. The lowest BCUT2D eigenvalue weighted by molar-refractivity contribution is 0.525. The second-order valence-electron chi connectivity index (χ2n) is 5.40. The Hall–Kier alpha value is -1.55. The van der Waals surface area contributed by atoms with E-state index in [1.54, 1.807) is 11.0 Å². The van der Waals surface area contributed by atoms with Crippen molar-refractivity contribution in [2.45, 2.75) is 38.6 Å². The summed E-state index contributed by atoms with van der Waals surface area (Å²) in [6.45, 7) is 2.27. The van der Waals surface area contributed by atoms with E-state index in [0.29, 0.717) is 11.1 Å². The Labute approximate surface area is 124 Å². The summed E-state index contributed by atoms with van der Waals surface area (Å²) in [6.07, 6.45) is 8.24. The van der Waals surface area contributed by atoms with Crippen LogP contribution in [0.5, 0.6) is 0 Å². The van der Waals surface area contributed by atoms with E-state index in [9.17, 15) is 0 Å². The van der Waals surface area contributed by atoms with E-state index < -0.39 is 0 Å². The summed E-state index contributed by atoms with van der Waals surface area (Å²) in [5.74, 6) is 0.849. The van der Waals surface area contributed by atoms with Crippen LogP contribution in [0.1, 0.15) is 32.6 Å². The van der Waals surface area contributed by atoms with E-state index in [1.165, 1.54) is 32.0 Å². The van der Waals surface area contributed by atoms with Crippen molar-refractivity contribution in [2.75, 3.05) is 5.32 Å². The number of nitrogens with zero attached hydrogens (tertiary/aromatic N) is 3. The lowest BCUT2D eigenvalue weighted by Gasteiger charge is -2.18. The second-order valence-corrected chi connectivity index (χ2v) is 5.81. The van der Waals surface area contributed by atoms with Gasteiger partial charge in [-0.1, -0.05) is 31.0 Å². The van der Waals surface area contributed by atoms with Gasteiger partial charge in [0.15, 0.2) is 0 Å². The Balaban J connectivity index is 1.85. The Morgan fingerprint density at radius 2 is 2.30 bits per heavy atom. The summed E-state index contributed by atoms with van der Waals surface area (Å²) >= 11 is 6.33. The molecule has 1 aliphatic carbocycles. The fourth-order valence-electron chi connectivity index (χ4n) is 2.99. The van der Waals surface area contributed by atoms with Gasteiger partial charge >= 0.3 is 0 Å². The first-order valence-electron chi connectivity index (χ1n) is 7.18. The van der Waals surface area contributed by atoms with Gasteiger partial charge in [-0.2, -0.15) is 5.10 Å². The molecular weight excluding hydrogens is 272 g/mol. The minimum Gasteiger partial charge on any atom is -0.381 e. The molecule has 1 fully saturated rings. The standard InChI is InChI=1S/C15H19ClN4/c1-2-11-6-7-12(8-11)19-14-5-3-4-13(16)15(14)20-10-17-9-18-20/h3-5,9-12,19H,2,6-8H2,1H3. The van der Waals surface area contributed by atoms with Crippen LogP contribution in [-0.4, -0.2) is 20.8 Å². The maximum Gasteiger partial charge on any atom is 0.138 e. The normalized spacial score (nSPS) is 22.1. The number of hydrogen-bond donors (Lipinski definition) is 1. The lowest BCUT2D eigenvalue weighted by atomic mass is 10.1. The zero-order chi connectivity index (χ0) is 13.9. The number of aromatic nitrogens is 3. The van der Waals surface area contributed by atoms with Crippen molar-refractivity contribution in [1.82, 2.24) is 14.8 Å². The molecule has 1 aromatic heterocycles. The molecule has 2 aromatic rings. The molecule has 5 heteroatoms. The molecule has 1 saturated carbocycles. The zero-order valence-electron chi connectivity index (χ0n) is 11.6. The average Bonchev–Trinajstić information content (AvgIpc) is 3.10. The predicted molar refractivity (Wildman–Crippen MR) is 81.4 cm³/mol. The summed E-state index contributed by atoms with van der Waals surface area (Å²) in [5, 5.41) is 8.51. The summed E-state index contributed by atoms with van der Waals surface area (Å²) in [7, 11) is 0. The molecule has 1 aliphatic rings. The van der Waals surface area contributed by atoms with E-state index in [-0.39, 0.29) is 0 Å². The van der Waals surface area contributed by atoms with Crippen LogP contribution >= 0.6 is 11.6 Å². The number of benzene rings is 1. The third-order valence-electron chi connectivity index (χ3n) is 4.11. The molecule has 0 saturated heterocycles. The monoisotopic (exact) mass is 290 g/mol.